The fraction of sp³-hybridized carbons (Fsp3) is 0.0833. The minimum Gasteiger partial charge on any atom is -0.307 e. The van der Waals surface area contributed by atoms with Gasteiger partial charge < -0.3 is 4.90 Å². The number of fused-ring (bicyclic) bond motifs is 1. The van der Waals surface area contributed by atoms with Gasteiger partial charge >= 0.3 is 0 Å². The van der Waals surface area contributed by atoms with E-state index in [2.05, 4.69) is 44.9 Å². The predicted molar refractivity (Wildman–Crippen MR) is 116 cm³/mol. The van der Waals surface area contributed by atoms with Gasteiger partial charge in [-0.3, -0.25) is 4.79 Å². The normalized spacial score (nSPS) is 13.2. The van der Waals surface area contributed by atoms with E-state index >= 15 is 0 Å². The van der Waals surface area contributed by atoms with Crippen LogP contribution >= 0.6 is 0 Å². The summed E-state index contributed by atoms with van der Waals surface area (Å²) in [4.78, 5) is 14.6. The molecule has 146 valence electrons. The number of H-pyrrole nitrogens is 1. The van der Waals surface area contributed by atoms with E-state index in [0.717, 1.165) is 33.5 Å². The Morgan fingerprint density at radius 2 is 1.67 bits per heavy atom. The Balaban J connectivity index is 1.44. The minimum absolute atomic E-state index is 0.0997. The third-order valence-corrected chi connectivity index (χ3v) is 5.24. The third-order valence-electron chi connectivity index (χ3n) is 5.24. The van der Waals surface area contributed by atoms with Gasteiger partial charge in [-0.05, 0) is 33.5 Å². The van der Waals surface area contributed by atoms with Gasteiger partial charge in [-0.2, -0.15) is 5.21 Å². The molecule has 30 heavy (non-hydrogen) atoms. The molecule has 0 bridgehead atoms. The molecule has 1 aliphatic heterocycles. The van der Waals surface area contributed by atoms with Crippen molar-refractivity contribution in [3.63, 3.8) is 0 Å². The Bertz CT molecular complexity index is 1210. The highest BCUT2D eigenvalue weighted by Gasteiger charge is 2.19. The largest absolute Gasteiger partial charge is 0.307 e. The molecule has 0 saturated carbocycles. The van der Waals surface area contributed by atoms with Gasteiger partial charge in [0.25, 0.3) is 0 Å². The molecule has 1 aromatic heterocycles. The second-order valence-corrected chi connectivity index (χ2v) is 7.12. The van der Waals surface area contributed by atoms with Crippen molar-refractivity contribution in [3.05, 3.63) is 90.0 Å². The van der Waals surface area contributed by atoms with Gasteiger partial charge in [0.15, 0.2) is 0 Å². The Kier molecular flexibility index (Phi) is 4.65. The first kappa shape index (κ1) is 18.0. The molecule has 0 spiro atoms. The quantitative estimate of drug-likeness (QED) is 0.555. The van der Waals surface area contributed by atoms with E-state index in [-0.39, 0.29) is 5.91 Å². The first-order chi connectivity index (χ1) is 14.8. The van der Waals surface area contributed by atoms with Crippen molar-refractivity contribution in [2.45, 2.75) is 13.0 Å². The van der Waals surface area contributed by atoms with Crippen molar-refractivity contribution >= 4 is 17.7 Å². The molecule has 0 fully saturated rings. The molecule has 0 atom stereocenters. The van der Waals surface area contributed by atoms with E-state index in [1.54, 1.807) is 0 Å². The fourth-order valence-electron chi connectivity index (χ4n) is 3.76. The Morgan fingerprint density at radius 3 is 2.47 bits per heavy atom. The van der Waals surface area contributed by atoms with Crippen LogP contribution in [0.1, 0.15) is 17.5 Å². The van der Waals surface area contributed by atoms with Crippen molar-refractivity contribution in [2.24, 2.45) is 0 Å². The summed E-state index contributed by atoms with van der Waals surface area (Å²) >= 11 is 0. The van der Waals surface area contributed by atoms with Crippen molar-refractivity contribution in [3.8, 4) is 22.5 Å². The van der Waals surface area contributed by atoms with Crippen LogP contribution in [-0.4, -0.2) is 26.5 Å². The minimum atomic E-state index is 0.0997. The highest BCUT2D eigenvalue weighted by molar-refractivity contribution is 5.98. The first-order valence-corrected chi connectivity index (χ1v) is 9.78. The van der Waals surface area contributed by atoms with Gasteiger partial charge in [-0.1, -0.05) is 78.9 Å². The molecule has 1 aliphatic rings. The lowest BCUT2D eigenvalue weighted by atomic mass is 9.98. The maximum absolute atomic E-state index is 12.7. The van der Waals surface area contributed by atoms with Crippen LogP contribution in [0.25, 0.3) is 28.6 Å². The van der Waals surface area contributed by atoms with E-state index < -0.39 is 0 Å². The number of benzene rings is 3. The van der Waals surface area contributed by atoms with E-state index in [9.17, 15) is 4.79 Å². The molecule has 1 amide bonds. The molecule has 2 heterocycles. The number of amides is 1. The summed E-state index contributed by atoms with van der Waals surface area (Å²) in [6.07, 6.45) is 4.36. The van der Waals surface area contributed by atoms with Crippen LogP contribution in [0.5, 0.6) is 0 Å². The van der Waals surface area contributed by atoms with Crippen LogP contribution in [0.2, 0.25) is 0 Å². The number of nitrogens with zero attached hydrogens (tertiary/aromatic N) is 4. The number of rotatable bonds is 4. The average molecular weight is 393 g/mol. The molecule has 3 aromatic carbocycles. The predicted octanol–water partition coefficient (Wildman–Crippen LogP) is 4.48. The summed E-state index contributed by atoms with van der Waals surface area (Å²) in [6, 6.07) is 24.2. The molecule has 0 unspecified atom stereocenters. The number of tetrazole rings is 1. The number of carbonyl (C=O) groups is 1. The number of aromatic nitrogens is 4. The number of para-hydroxylation sites is 1. The number of hydrogen-bond acceptors (Lipinski definition) is 4. The van der Waals surface area contributed by atoms with Crippen LogP contribution in [0, 0.1) is 0 Å². The highest BCUT2D eigenvalue weighted by atomic mass is 16.2. The van der Waals surface area contributed by atoms with Crippen LogP contribution in [0.4, 0.5) is 5.69 Å². The second-order valence-electron chi connectivity index (χ2n) is 7.12. The Labute approximate surface area is 173 Å². The summed E-state index contributed by atoms with van der Waals surface area (Å²) in [5.41, 5.74) is 6.09. The lowest BCUT2D eigenvalue weighted by molar-refractivity contribution is -0.117. The first-order valence-electron chi connectivity index (χ1n) is 9.78. The summed E-state index contributed by atoms with van der Waals surface area (Å²) < 4.78 is 0. The lowest BCUT2D eigenvalue weighted by Crippen LogP contribution is -2.29. The van der Waals surface area contributed by atoms with E-state index in [1.807, 2.05) is 65.6 Å². The molecule has 5 rings (SSSR count). The van der Waals surface area contributed by atoms with Crippen LogP contribution in [-0.2, 0) is 11.3 Å². The van der Waals surface area contributed by atoms with E-state index in [1.165, 1.54) is 0 Å². The smallest absolute Gasteiger partial charge is 0.231 e. The molecular formula is C24H19N5O. The molecular weight excluding hydrogens is 374 g/mol. The average Bonchev–Trinajstić information content (AvgIpc) is 3.28. The number of anilines is 1. The summed E-state index contributed by atoms with van der Waals surface area (Å²) in [5.74, 6) is 0.664. The van der Waals surface area contributed by atoms with E-state index in [4.69, 9.17) is 0 Å². The monoisotopic (exact) mass is 393 g/mol. The van der Waals surface area contributed by atoms with Gasteiger partial charge in [-0.15, -0.1) is 10.2 Å². The molecule has 1 N–H and O–H groups in total. The van der Waals surface area contributed by atoms with Crippen molar-refractivity contribution in [2.75, 3.05) is 4.90 Å². The summed E-state index contributed by atoms with van der Waals surface area (Å²) in [6.45, 7) is 0.532. The van der Waals surface area contributed by atoms with Gasteiger partial charge in [0.05, 0.1) is 12.2 Å². The van der Waals surface area contributed by atoms with Crippen LogP contribution in [0.15, 0.2) is 78.9 Å². The SMILES string of the molecule is O=C1CC=Cc2ccccc2N1Cc1ccc(-c2ccccc2-c2nn[nH]n2)cc1. The Hall–Kier alpha value is -4.06. The molecule has 4 aromatic rings. The zero-order chi connectivity index (χ0) is 20.3. The van der Waals surface area contributed by atoms with Crippen molar-refractivity contribution in [1.29, 1.82) is 0 Å². The number of carbonyl (C=O) groups excluding carboxylic acids is 1. The summed E-state index contributed by atoms with van der Waals surface area (Å²) in [7, 11) is 0. The molecule has 6 nitrogen and oxygen atoms in total. The number of aromatic amines is 1. The highest BCUT2D eigenvalue weighted by Crippen LogP contribution is 2.31. The topological polar surface area (TPSA) is 74.8 Å². The van der Waals surface area contributed by atoms with Crippen LogP contribution < -0.4 is 4.90 Å². The maximum atomic E-state index is 12.7. The molecule has 0 radical (unpaired) electrons. The van der Waals surface area contributed by atoms with Gasteiger partial charge in [-0.25, -0.2) is 0 Å². The van der Waals surface area contributed by atoms with Gasteiger partial charge in [0, 0.05) is 12.0 Å². The van der Waals surface area contributed by atoms with Gasteiger partial charge in [0.2, 0.25) is 11.7 Å². The second kappa shape index (κ2) is 7.75. The van der Waals surface area contributed by atoms with Crippen LogP contribution in [0.3, 0.4) is 0 Å². The fourth-order valence-corrected chi connectivity index (χ4v) is 3.76. The molecule has 0 aliphatic carbocycles. The third kappa shape index (κ3) is 3.39. The van der Waals surface area contributed by atoms with Crippen molar-refractivity contribution < 1.29 is 4.79 Å². The molecule has 0 saturated heterocycles. The zero-order valence-electron chi connectivity index (χ0n) is 16.2. The number of nitrogens with one attached hydrogen (secondary N) is 1. The van der Waals surface area contributed by atoms with E-state index in [0.29, 0.717) is 18.8 Å². The Morgan fingerprint density at radius 1 is 0.900 bits per heavy atom. The van der Waals surface area contributed by atoms with Gasteiger partial charge in [0.1, 0.15) is 0 Å². The zero-order valence-corrected chi connectivity index (χ0v) is 16.2. The standard InChI is InChI=1S/C24H19N5O/c30-23-11-5-7-19-6-1-4-10-22(19)29(23)16-17-12-14-18(15-13-17)20-8-2-3-9-21(20)24-25-27-28-26-24/h1-10,12-15H,11,16H2,(H,25,26,27,28). The maximum Gasteiger partial charge on any atom is 0.231 e. The number of hydrogen-bond donors (Lipinski definition) is 1. The molecule has 6 heteroatoms. The van der Waals surface area contributed by atoms with Crippen molar-refractivity contribution in [1.82, 2.24) is 20.6 Å². The summed E-state index contributed by atoms with van der Waals surface area (Å²) in [5, 5.41) is 14.4. The lowest BCUT2D eigenvalue weighted by Gasteiger charge is -2.23.